The van der Waals surface area contributed by atoms with Crippen molar-refractivity contribution in [1.82, 2.24) is 9.55 Å². The van der Waals surface area contributed by atoms with E-state index in [1.807, 2.05) is 38.1 Å². The first kappa shape index (κ1) is 22.6. The van der Waals surface area contributed by atoms with Crippen molar-refractivity contribution in [2.45, 2.75) is 57.7 Å². The normalized spacial score (nSPS) is 13.0. The number of aromatic nitrogens is 2. The predicted molar refractivity (Wildman–Crippen MR) is 131 cm³/mol. The zero-order valence-electron chi connectivity index (χ0n) is 18.4. The number of thiophene rings is 1. The highest BCUT2D eigenvalue weighted by Crippen LogP contribution is 2.34. The summed E-state index contributed by atoms with van der Waals surface area (Å²) >= 11 is 2.93. The minimum atomic E-state index is -0.100. The van der Waals surface area contributed by atoms with Gasteiger partial charge in [0, 0.05) is 23.7 Å². The van der Waals surface area contributed by atoms with E-state index in [0.29, 0.717) is 18.2 Å². The lowest BCUT2D eigenvalue weighted by molar-refractivity contribution is -0.116. The molecule has 0 saturated carbocycles. The van der Waals surface area contributed by atoms with Crippen molar-refractivity contribution < 1.29 is 4.79 Å². The molecule has 0 unspecified atom stereocenters. The molecule has 0 aliphatic heterocycles. The van der Waals surface area contributed by atoms with Gasteiger partial charge < -0.3 is 4.90 Å². The third-order valence-electron chi connectivity index (χ3n) is 5.77. The molecule has 2 aromatic heterocycles. The number of amides is 1. The Morgan fingerprint density at radius 3 is 2.75 bits per heavy atom. The molecular formula is C24H26N4O2S2. The van der Waals surface area contributed by atoms with E-state index >= 15 is 0 Å². The van der Waals surface area contributed by atoms with Crippen LogP contribution in [0.1, 0.15) is 42.2 Å². The van der Waals surface area contributed by atoms with E-state index in [4.69, 9.17) is 10.2 Å². The second-order valence-corrected chi connectivity index (χ2v) is 9.94. The van der Waals surface area contributed by atoms with Crippen LogP contribution in [0.15, 0.2) is 34.2 Å². The summed E-state index contributed by atoms with van der Waals surface area (Å²) in [5.74, 6) is 0.0547. The van der Waals surface area contributed by atoms with E-state index in [1.165, 1.54) is 22.2 Å². The van der Waals surface area contributed by atoms with Crippen LogP contribution >= 0.6 is 23.1 Å². The quantitative estimate of drug-likeness (QED) is 0.372. The standard InChI is InChI=1S/C24H26N4O2S2/c1-3-27-23(30)21-18-7-4-5-8-19(18)32-22(21)26-24(27)31-15-20(29)28(14-6-13-25)17-11-9-16(2)10-12-17/h9-12H,3-8,14-15H2,1-2H3. The van der Waals surface area contributed by atoms with E-state index in [-0.39, 0.29) is 23.6 Å². The number of hydrogen-bond acceptors (Lipinski definition) is 6. The molecule has 1 aliphatic rings. The van der Waals surface area contributed by atoms with E-state index in [2.05, 4.69) is 6.07 Å². The van der Waals surface area contributed by atoms with Crippen molar-refractivity contribution in [1.29, 1.82) is 5.26 Å². The summed E-state index contributed by atoms with van der Waals surface area (Å²) < 4.78 is 1.69. The lowest BCUT2D eigenvalue weighted by Gasteiger charge is -2.22. The van der Waals surface area contributed by atoms with Gasteiger partial charge in [-0.3, -0.25) is 14.2 Å². The smallest absolute Gasteiger partial charge is 0.263 e. The van der Waals surface area contributed by atoms with Gasteiger partial charge >= 0.3 is 0 Å². The van der Waals surface area contributed by atoms with Crippen molar-refractivity contribution in [2.75, 3.05) is 17.2 Å². The maximum absolute atomic E-state index is 13.3. The largest absolute Gasteiger partial charge is 0.311 e. The average Bonchev–Trinajstić information content (AvgIpc) is 3.17. The van der Waals surface area contributed by atoms with Crippen molar-refractivity contribution in [3.8, 4) is 6.07 Å². The Morgan fingerprint density at radius 2 is 2.03 bits per heavy atom. The van der Waals surface area contributed by atoms with Gasteiger partial charge in [0.15, 0.2) is 5.16 Å². The Labute approximate surface area is 195 Å². The molecule has 1 aromatic carbocycles. The number of thioether (sulfide) groups is 1. The molecule has 0 saturated heterocycles. The third kappa shape index (κ3) is 4.45. The molecular weight excluding hydrogens is 440 g/mol. The minimum Gasteiger partial charge on any atom is -0.311 e. The Kier molecular flexibility index (Phi) is 6.97. The third-order valence-corrected chi connectivity index (χ3v) is 7.92. The minimum absolute atomic E-state index is 0.00622. The molecule has 32 heavy (non-hydrogen) atoms. The van der Waals surface area contributed by atoms with Gasteiger partial charge in [-0.1, -0.05) is 29.5 Å². The van der Waals surface area contributed by atoms with Gasteiger partial charge in [-0.2, -0.15) is 5.26 Å². The second kappa shape index (κ2) is 9.88. The maximum atomic E-state index is 13.3. The SMILES string of the molecule is CCn1c(SCC(=O)N(CCC#N)c2ccc(C)cc2)nc2sc3c(c2c1=O)CCCC3. The fraction of sp³-hybridized carbons (Fsp3) is 0.417. The predicted octanol–water partition coefficient (Wildman–Crippen LogP) is 4.70. The van der Waals surface area contributed by atoms with E-state index in [9.17, 15) is 9.59 Å². The van der Waals surface area contributed by atoms with Crippen LogP contribution in [0.2, 0.25) is 0 Å². The van der Waals surface area contributed by atoms with Crippen LogP contribution in [-0.2, 0) is 24.2 Å². The zero-order valence-corrected chi connectivity index (χ0v) is 20.0. The molecule has 1 amide bonds. The van der Waals surface area contributed by atoms with Gasteiger partial charge in [0.05, 0.1) is 23.6 Å². The van der Waals surface area contributed by atoms with Crippen LogP contribution in [0, 0.1) is 18.3 Å². The fourth-order valence-electron chi connectivity index (χ4n) is 4.10. The molecule has 0 bridgehead atoms. The Hall–Kier alpha value is -2.63. The molecule has 8 heteroatoms. The number of hydrogen-bond donors (Lipinski definition) is 0. The van der Waals surface area contributed by atoms with Gasteiger partial charge in [-0.05, 0) is 57.2 Å². The Morgan fingerprint density at radius 1 is 1.28 bits per heavy atom. The number of fused-ring (bicyclic) bond motifs is 3. The van der Waals surface area contributed by atoms with E-state index < -0.39 is 0 Å². The summed E-state index contributed by atoms with van der Waals surface area (Å²) in [6, 6.07) is 9.83. The van der Waals surface area contributed by atoms with Gasteiger partial charge in [0.25, 0.3) is 5.56 Å². The van der Waals surface area contributed by atoms with Crippen LogP contribution in [0.3, 0.4) is 0 Å². The van der Waals surface area contributed by atoms with Gasteiger partial charge in [-0.25, -0.2) is 4.98 Å². The van der Waals surface area contributed by atoms with Crippen molar-refractivity contribution in [3.05, 3.63) is 50.6 Å². The maximum Gasteiger partial charge on any atom is 0.263 e. The molecule has 0 spiro atoms. The van der Waals surface area contributed by atoms with Crippen LogP contribution < -0.4 is 10.5 Å². The van der Waals surface area contributed by atoms with Gasteiger partial charge in [0.2, 0.25) is 5.91 Å². The molecule has 6 nitrogen and oxygen atoms in total. The number of carbonyl (C=O) groups is 1. The molecule has 1 aliphatic carbocycles. The lowest BCUT2D eigenvalue weighted by Crippen LogP contribution is -2.33. The topological polar surface area (TPSA) is 79.0 Å². The molecule has 0 radical (unpaired) electrons. The molecule has 0 atom stereocenters. The highest BCUT2D eigenvalue weighted by atomic mass is 32.2. The van der Waals surface area contributed by atoms with Crippen LogP contribution in [0.4, 0.5) is 5.69 Å². The molecule has 0 N–H and O–H groups in total. The number of rotatable bonds is 7. The van der Waals surface area contributed by atoms with Gasteiger partial charge in [-0.15, -0.1) is 11.3 Å². The first-order valence-electron chi connectivity index (χ1n) is 10.9. The number of carbonyl (C=O) groups excluding carboxylic acids is 1. The number of anilines is 1. The Bertz CT molecular complexity index is 1240. The number of nitriles is 1. The monoisotopic (exact) mass is 466 g/mol. The van der Waals surface area contributed by atoms with Crippen molar-refractivity contribution in [3.63, 3.8) is 0 Å². The molecule has 0 fully saturated rings. The summed E-state index contributed by atoms with van der Waals surface area (Å²) in [6.45, 7) is 4.78. The molecule has 166 valence electrons. The fourth-order valence-corrected chi connectivity index (χ4v) is 6.34. The summed E-state index contributed by atoms with van der Waals surface area (Å²) in [5, 5.41) is 10.4. The summed E-state index contributed by atoms with van der Waals surface area (Å²) in [6.07, 6.45) is 4.51. The van der Waals surface area contributed by atoms with E-state index in [1.54, 1.807) is 20.8 Å². The molecule has 4 rings (SSSR count). The Balaban J connectivity index is 1.61. The highest BCUT2D eigenvalue weighted by Gasteiger charge is 2.23. The van der Waals surface area contributed by atoms with Crippen LogP contribution in [0.5, 0.6) is 0 Å². The van der Waals surface area contributed by atoms with Crippen molar-refractivity contribution in [2.24, 2.45) is 0 Å². The van der Waals surface area contributed by atoms with Gasteiger partial charge in [0.1, 0.15) is 4.83 Å². The number of aryl methyl sites for hydroxylation is 3. The van der Waals surface area contributed by atoms with Crippen LogP contribution in [0.25, 0.3) is 10.2 Å². The van der Waals surface area contributed by atoms with Crippen LogP contribution in [-0.4, -0.2) is 27.8 Å². The highest BCUT2D eigenvalue weighted by molar-refractivity contribution is 7.99. The first-order valence-corrected chi connectivity index (χ1v) is 12.8. The molecule has 2 heterocycles. The summed E-state index contributed by atoms with van der Waals surface area (Å²) in [5.41, 5.74) is 3.08. The summed E-state index contributed by atoms with van der Waals surface area (Å²) in [4.78, 5) is 34.9. The number of nitrogens with zero attached hydrogens (tertiary/aromatic N) is 4. The average molecular weight is 467 g/mol. The van der Waals surface area contributed by atoms with E-state index in [0.717, 1.165) is 47.2 Å². The lowest BCUT2D eigenvalue weighted by atomic mass is 9.97. The first-order chi connectivity index (χ1) is 15.5. The summed E-state index contributed by atoms with van der Waals surface area (Å²) in [7, 11) is 0. The molecule has 3 aromatic rings. The second-order valence-electron chi connectivity index (χ2n) is 7.91. The number of benzene rings is 1. The zero-order chi connectivity index (χ0) is 22.7. The van der Waals surface area contributed by atoms with Crippen molar-refractivity contribution >= 4 is 44.9 Å².